The van der Waals surface area contributed by atoms with Crippen LogP contribution in [0, 0.1) is 13.8 Å². The molecule has 1 heterocycles. The van der Waals surface area contributed by atoms with E-state index in [-0.39, 0.29) is 17.5 Å². The van der Waals surface area contributed by atoms with Gasteiger partial charge >= 0.3 is 0 Å². The summed E-state index contributed by atoms with van der Waals surface area (Å²) < 4.78 is 33.0. The third kappa shape index (κ3) is 4.07. The van der Waals surface area contributed by atoms with Crippen molar-refractivity contribution >= 4 is 10.0 Å². The van der Waals surface area contributed by atoms with Crippen LogP contribution < -0.4 is 10.5 Å². The van der Waals surface area contributed by atoms with Gasteiger partial charge in [-0.1, -0.05) is 26.2 Å². The molecule has 0 amide bonds. The zero-order valence-electron chi connectivity index (χ0n) is 12.8. The van der Waals surface area contributed by atoms with Crippen molar-refractivity contribution < 1.29 is 12.8 Å². The topological polar surface area (TPSA) is 85.3 Å². The minimum Gasteiger partial charge on any atom is -0.465 e. The van der Waals surface area contributed by atoms with Gasteiger partial charge in [0.05, 0.1) is 0 Å². The van der Waals surface area contributed by atoms with Gasteiger partial charge in [0.25, 0.3) is 0 Å². The lowest BCUT2D eigenvalue weighted by Crippen LogP contribution is -2.33. The van der Waals surface area contributed by atoms with Gasteiger partial charge in [-0.15, -0.1) is 0 Å². The molecule has 1 atom stereocenters. The average molecular weight is 302 g/mol. The predicted octanol–water partition coefficient (Wildman–Crippen LogP) is 2.60. The van der Waals surface area contributed by atoms with Gasteiger partial charge in [-0.3, -0.25) is 0 Å². The zero-order chi connectivity index (χ0) is 15.3. The summed E-state index contributed by atoms with van der Waals surface area (Å²) in [5, 5.41) is 0. The number of hydrogen-bond donors (Lipinski definition) is 2. The van der Waals surface area contributed by atoms with Crippen molar-refractivity contribution in [3.05, 3.63) is 17.1 Å². The largest absolute Gasteiger partial charge is 0.465 e. The molecular weight excluding hydrogens is 276 g/mol. The number of furan rings is 1. The third-order valence-electron chi connectivity index (χ3n) is 3.39. The fourth-order valence-electron chi connectivity index (χ4n) is 2.38. The molecule has 0 saturated carbocycles. The molecule has 20 heavy (non-hydrogen) atoms. The SMILES string of the molecule is CCCCCC(C)NS(=O)(=O)c1c(C)oc(C)c1CN. The Labute approximate surface area is 122 Å². The quantitative estimate of drug-likeness (QED) is 0.723. The summed E-state index contributed by atoms with van der Waals surface area (Å²) in [6, 6.07) is -0.0909. The number of unbranched alkanes of at least 4 members (excludes halogenated alkanes) is 2. The van der Waals surface area contributed by atoms with Gasteiger partial charge < -0.3 is 10.2 Å². The lowest BCUT2D eigenvalue weighted by molar-refractivity contribution is 0.492. The minimum atomic E-state index is -3.57. The van der Waals surface area contributed by atoms with Gasteiger partial charge in [0.1, 0.15) is 16.4 Å². The van der Waals surface area contributed by atoms with Crippen molar-refractivity contribution in [2.75, 3.05) is 0 Å². The molecule has 5 nitrogen and oxygen atoms in total. The Morgan fingerprint density at radius 3 is 2.45 bits per heavy atom. The van der Waals surface area contributed by atoms with Crippen molar-refractivity contribution in [1.82, 2.24) is 4.72 Å². The molecule has 0 aliphatic rings. The van der Waals surface area contributed by atoms with Crippen LogP contribution in [0.2, 0.25) is 0 Å². The Bertz CT molecular complexity index is 535. The average Bonchev–Trinajstić information content (AvgIpc) is 2.63. The normalized spacial score (nSPS) is 13.7. The molecule has 1 unspecified atom stereocenters. The Morgan fingerprint density at radius 2 is 1.90 bits per heavy atom. The van der Waals surface area contributed by atoms with Crippen molar-refractivity contribution in [3.8, 4) is 0 Å². The molecule has 116 valence electrons. The highest BCUT2D eigenvalue weighted by Gasteiger charge is 2.27. The first kappa shape index (κ1) is 17.2. The number of nitrogens with two attached hydrogens (primary N) is 1. The Balaban J connectivity index is 2.89. The minimum absolute atomic E-state index is 0.0909. The first-order chi connectivity index (χ1) is 9.33. The summed E-state index contributed by atoms with van der Waals surface area (Å²) in [5.41, 5.74) is 6.20. The second kappa shape index (κ2) is 7.24. The van der Waals surface area contributed by atoms with Crippen LogP contribution >= 0.6 is 0 Å². The van der Waals surface area contributed by atoms with Gasteiger partial charge in [0.2, 0.25) is 10.0 Å². The first-order valence-electron chi connectivity index (χ1n) is 7.14. The molecule has 0 aliphatic heterocycles. The maximum Gasteiger partial charge on any atom is 0.244 e. The number of sulfonamides is 1. The Morgan fingerprint density at radius 1 is 1.25 bits per heavy atom. The highest BCUT2D eigenvalue weighted by Crippen LogP contribution is 2.26. The zero-order valence-corrected chi connectivity index (χ0v) is 13.6. The number of aryl methyl sites for hydroxylation is 2. The van der Waals surface area contributed by atoms with Crippen LogP contribution in [0.4, 0.5) is 0 Å². The molecule has 0 bridgehead atoms. The second-order valence-electron chi connectivity index (χ2n) is 5.24. The van der Waals surface area contributed by atoms with Crippen LogP contribution in [-0.2, 0) is 16.6 Å². The Hall–Kier alpha value is -0.850. The van der Waals surface area contributed by atoms with Gasteiger partial charge in [-0.05, 0) is 27.2 Å². The fraction of sp³-hybridized carbons (Fsp3) is 0.714. The molecule has 0 saturated heterocycles. The van der Waals surface area contributed by atoms with E-state index >= 15 is 0 Å². The number of hydrogen-bond acceptors (Lipinski definition) is 4. The monoisotopic (exact) mass is 302 g/mol. The second-order valence-corrected chi connectivity index (χ2v) is 6.90. The number of rotatable bonds is 8. The van der Waals surface area contributed by atoms with E-state index in [1.165, 1.54) is 0 Å². The van der Waals surface area contributed by atoms with Gasteiger partial charge in [0, 0.05) is 18.2 Å². The van der Waals surface area contributed by atoms with Crippen molar-refractivity contribution in [2.45, 2.75) is 70.9 Å². The summed E-state index contributed by atoms with van der Waals surface area (Å²) in [4.78, 5) is 0.208. The van der Waals surface area contributed by atoms with Gasteiger partial charge in [-0.25, -0.2) is 13.1 Å². The van der Waals surface area contributed by atoms with Crippen LogP contribution in [0.15, 0.2) is 9.31 Å². The molecule has 1 aromatic heterocycles. The lowest BCUT2D eigenvalue weighted by Gasteiger charge is -2.14. The summed E-state index contributed by atoms with van der Waals surface area (Å²) in [6.07, 6.45) is 4.09. The maximum absolute atomic E-state index is 12.5. The van der Waals surface area contributed by atoms with Crippen LogP contribution in [0.1, 0.15) is 56.6 Å². The van der Waals surface area contributed by atoms with Crippen molar-refractivity contribution in [1.29, 1.82) is 0 Å². The number of nitrogens with one attached hydrogen (secondary N) is 1. The van der Waals surface area contributed by atoms with Gasteiger partial charge in [-0.2, -0.15) is 0 Å². The first-order valence-corrected chi connectivity index (χ1v) is 8.63. The molecular formula is C14H26N2O3S. The van der Waals surface area contributed by atoms with Crippen LogP contribution in [0.25, 0.3) is 0 Å². The Kier molecular flexibility index (Phi) is 6.23. The molecule has 0 spiro atoms. The van der Waals surface area contributed by atoms with Crippen LogP contribution in [0.5, 0.6) is 0 Å². The molecule has 3 N–H and O–H groups in total. The summed E-state index contributed by atoms with van der Waals surface area (Å²) >= 11 is 0. The van der Waals surface area contributed by atoms with E-state index in [4.69, 9.17) is 10.2 Å². The van der Waals surface area contributed by atoms with E-state index in [9.17, 15) is 8.42 Å². The highest BCUT2D eigenvalue weighted by atomic mass is 32.2. The van der Waals surface area contributed by atoms with E-state index < -0.39 is 10.0 Å². The van der Waals surface area contributed by atoms with E-state index in [2.05, 4.69) is 11.6 Å². The molecule has 0 aromatic carbocycles. The molecule has 1 aromatic rings. The predicted molar refractivity (Wildman–Crippen MR) is 80.0 cm³/mol. The van der Waals surface area contributed by atoms with Crippen molar-refractivity contribution in [3.63, 3.8) is 0 Å². The fourth-order valence-corrected chi connectivity index (χ4v) is 4.12. The van der Waals surface area contributed by atoms with Gasteiger partial charge in [0.15, 0.2) is 0 Å². The molecule has 0 aliphatic carbocycles. The van der Waals surface area contributed by atoms with E-state index in [0.29, 0.717) is 17.1 Å². The van der Waals surface area contributed by atoms with E-state index in [1.54, 1.807) is 13.8 Å². The maximum atomic E-state index is 12.5. The smallest absolute Gasteiger partial charge is 0.244 e. The molecule has 1 rings (SSSR count). The summed E-state index contributed by atoms with van der Waals surface area (Å²) in [6.45, 7) is 7.56. The highest BCUT2D eigenvalue weighted by molar-refractivity contribution is 7.89. The molecule has 0 radical (unpaired) electrons. The molecule has 0 fully saturated rings. The molecule has 6 heteroatoms. The standard InChI is InChI=1S/C14H26N2O3S/c1-5-6-7-8-10(2)16-20(17,18)14-12(4)19-11(3)13(14)9-15/h10,16H,5-9,15H2,1-4H3. The van der Waals surface area contributed by atoms with E-state index in [1.807, 2.05) is 6.92 Å². The lowest BCUT2D eigenvalue weighted by atomic mass is 10.1. The van der Waals surface area contributed by atoms with Crippen molar-refractivity contribution in [2.24, 2.45) is 5.73 Å². The van der Waals surface area contributed by atoms with Crippen LogP contribution in [-0.4, -0.2) is 14.5 Å². The third-order valence-corrected chi connectivity index (χ3v) is 5.18. The summed E-state index contributed by atoms with van der Waals surface area (Å²) in [5.74, 6) is 0.972. The van der Waals surface area contributed by atoms with E-state index in [0.717, 1.165) is 25.7 Å². The summed E-state index contributed by atoms with van der Waals surface area (Å²) in [7, 11) is -3.57. The van der Waals surface area contributed by atoms with Crippen LogP contribution in [0.3, 0.4) is 0 Å².